The number of methoxy groups -OCH3 is 2. The van der Waals surface area contributed by atoms with E-state index in [0.717, 1.165) is 17.1 Å². The molecule has 2 rings (SSSR count). The van der Waals surface area contributed by atoms with Crippen molar-refractivity contribution in [3.8, 4) is 11.5 Å². The van der Waals surface area contributed by atoms with Crippen LogP contribution < -0.4 is 14.8 Å². The van der Waals surface area contributed by atoms with Crippen molar-refractivity contribution in [3.05, 3.63) is 23.8 Å². The van der Waals surface area contributed by atoms with E-state index < -0.39 is 0 Å². The van der Waals surface area contributed by atoms with Gasteiger partial charge in [-0.15, -0.1) is 0 Å². The average Bonchev–Trinajstić information content (AvgIpc) is 2.47. The molecule has 1 saturated heterocycles. The lowest BCUT2D eigenvalue weighted by molar-refractivity contribution is 0.384. The van der Waals surface area contributed by atoms with Gasteiger partial charge in [-0.3, -0.25) is 0 Å². The van der Waals surface area contributed by atoms with Crippen molar-refractivity contribution >= 4 is 11.8 Å². The van der Waals surface area contributed by atoms with E-state index in [1.807, 2.05) is 23.9 Å². The van der Waals surface area contributed by atoms with E-state index in [-0.39, 0.29) is 6.04 Å². The third-order valence-electron chi connectivity index (χ3n) is 3.55. The predicted octanol–water partition coefficient (Wildman–Crippen LogP) is 3.25. The Morgan fingerprint density at radius 2 is 2.16 bits per heavy atom. The Bertz CT molecular complexity index is 405. The molecule has 19 heavy (non-hydrogen) atoms. The number of rotatable bonds is 5. The lowest BCUT2D eigenvalue weighted by atomic mass is 10.0. The molecule has 106 valence electrons. The molecular formula is C15H23NO2S. The standard InChI is InChI=1S/C15H23NO2S/c1-11(16-12-5-4-8-19-10-12)14-9-13(17-2)6-7-15(14)18-3/h6-7,9,11-12,16H,4-5,8,10H2,1-3H3. The summed E-state index contributed by atoms with van der Waals surface area (Å²) in [5.74, 6) is 4.30. The zero-order valence-electron chi connectivity index (χ0n) is 11.9. The molecule has 4 heteroatoms. The van der Waals surface area contributed by atoms with Crippen LogP contribution in [0.4, 0.5) is 0 Å². The smallest absolute Gasteiger partial charge is 0.123 e. The molecule has 3 nitrogen and oxygen atoms in total. The van der Waals surface area contributed by atoms with Crippen molar-refractivity contribution in [3.63, 3.8) is 0 Å². The molecule has 0 radical (unpaired) electrons. The van der Waals surface area contributed by atoms with Crippen LogP contribution in [0, 0.1) is 0 Å². The van der Waals surface area contributed by atoms with Crippen LogP contribution in [0.3, 0.4) is 0 Å². The minimum atomic E-state index is 0.272. The molecule has 1 N–H and O–H groups in total. The molecule has 0 bridgehead atoms. The molecule has 1 fully saturated rings. The van der Waals surface area contributed by atoms with Crippen molar-refractivity contribution in [2.45, 2.75) is 31.8 Å². The Kier molecular flexibility index (Phi) is 5.40. The minimum absolute atomic E-state index is 0.272. The summed E-state index contributed by atoms with van der Waals surface area (Å²) in [5, 5.41) is 3.70. The van der Waals surface area contributed by atoms with E-state index in [9.17, 15) is 0 Å². The van der Waals surface area contributed by atoms with Crippen LogP contribution in [-0.2, 0) is 0 Å². The van der Waals surface area contributed by atoms with E-state index in [0.29, 0.717) is 6.04 Å². The lowest BCUT2D eigenvalue weighted by Gasteiger charge is -2.27. The maximum atomic E-state index is 5.45. The second-order valence-electron chi connectivity index (χ2n) is 4.91. The van der Waals surface area contributed by atoms with Gasteiger partial charge < -0.3 is 14.8 Å². The topological polar surface area (TPSA) is 30.5 Å². The van der Waals surface area contributed by atoms with E-state index in [1.165, 1.54) is 24.3 Å². The highest BCUT2D eigenvalue weighted by Crippen LogP contribution is 2.30. The fraction of sp³-hybridized carbons (Fsp3) is 0.600. The maximum Gasteiger partial charge on any atom is 0.123 e. The molecule has 0 amide bonds. The number of benzene rings is 1. The van der Waals surface area contributed by atoms with Gasteiger partial charge in [0.2, 0.25) is 0 Å². The summed E-state index contributed by atoms with van der Waals surface area (Å²) in [5.41, 5.74) is 1.16. The van der Waals surface area contributed by atoms with Crippen molar-refractivity contribution in [2.75, 3.05) is 25.7 Å². The van der Waals surface area contributed by atoms with Crippen LogP contribution in [0.1, 0.15) is 31.4 Å². The number of hydrogen-bond donors (Lipinski definition) is 1. The highest BCUT2D eigenvalue weighted by atomic mass is 32.2. The summed E-state index contributed by atoms with van der Waals surface area (Å²) in [6, 6.07) is 6.85. The van der Waals surface area contributed by atoms with Crippen molar-refractivity contribution < 1.29 is 9.47 Å². The summed E-state index contributed by atoms with van der Waals surface area (Å²) >= 11 is 2.04. The first kappa shape index (κ1) is 14.5. The highest BCUT2D eigenvalue weighted by molar-refractivity contribution is 7.99. The van der Waals surface area contributed by atoms with Crippen molar-refractivity contribution in [1.82, 2.24) is 5.32 Å². The van der Waals surface area contributed by atoms with Gasteiger partial charge in [0.05, 0.1) is 14.2 Å². The molecule has 1 aliphatic heterocycles. The highest BCUT2D eigenvalue weighted by Gasteiger charge is 2.19. The molecule has 1 heterocycles. The number of thioether (sulfide) groups is 1. The zero-order chi connectivity index (χ0) is 13.7. The molecule has 0 aromatic heterocycles. The second-order valence-corrected chi connectivity index (χ2v) is 6.06. The largest absolute Gasteiger partial charge is 0.497 e. The molecule has 1 aromatic carbocycles. The molecule has 1 aromatic rings. The molecule has 2 unspecified atom stereocenters. The number of hydrogen-bond acceptors (Lipinski definition) is 4. The van der Waals surface area contributed by atoms with Crippen LogP contribution in [0.2, 0.25) is 0 Å². The maximum absolute atomic E-state index is 5.45. The fourth-order valence-electron chi connectivity index (χ4n) is 2.49. The quantitative estimate of drug-likeness (QED) is 0.897. The number of ether oxygens (including phenoxy) is 2. The molecule has 1 aliphatic rings. The van der Waals surface area contributed by atoms with E-state index in [4.69, 9.17) is 9.47 Å². The van der Waals surface area contributed by atoms with Gasteiger partial charge in [-0.2, -0.15) is 11.8 Å². The van der Waals surface area contributed by atoms with Crippen LogP contribution in [0.15, 0.2) is 18.2 Å². The Labute approximate surface area is 120 Å². The van der Waals surface area contributed by atoms with Crippen molar-refractivity contribution in [1.29, 1.82) is 0 Å². The Balaban J connectivity index is 2.09. The Morgan fingerprint density at radius 3 is 2.79 bits per heavy atom. The van der Waals surface area contributed by atoms with Crippen LogP contribution >= 0.6 is 11.8 Å². The van der Waals surface area contributed by atoms with Gasteiger partial charge in [-0.05, 0) is 43.7 Å². The molecule has 0 aliphatic carbocycles. The van der Waals surface area contributed by atoms with Gasteiger partial charge in [-0.1, -0.05) is 0 Å². The third-order valence-corrected chi connectivity index (χ3v) is 4.76. The Hall–Kier alpha value is -0.870. The second kappa shape index (κ2) is 7.06. The Morgan fingerprint density at radius 1 is 1.32 bits per heavy atom. The first-order chi connectivity index (χ1) is 9.24. The first-order valence-corrected chi connectivity index (χ1v) is 7.95. The summed E-state index contributed by atoms with van der Waals surface area (Å²) in [6.45, 7) is 2.19. The van der Waals surface area contributed by atoms with Crippen molar-refractivity contribution in [2.24, 2.45) is 0 Å². The molecular weight excluding hydrogens is 258 g/mol. The van der Waals surface area contributed by atoms with Crippen LogP contribution in [-0.4, -0.2) is 31.8 Å². The summed E-state index contributed by atoms with van der Waals surface area (Å²) in [4.78, 5) is 0. The molecule has 0 spiro atoms. The van der Waals surface area contributed by atoms with Gasteiger partial charge in [0.25, 0.3) is 0 Å². The fourth-order valence-corrected chi connectivity index (χ4v) is 3.58. The van der Waals surface area contributed by atoms with E-state index in [2.05, 4.69) is 18.3 Å². The summed E-state index contributed by atoms with van der Waals surface area (Å²) in [6.07, 6.45) is 2.58. The normalized spacial score (nSPS) is 20.9. The van der Waals surface area contributed by atoms with Crippen LogP contribution in [0.5, 0.6) is 11.5 Å². The van der Waals surface area contributed by atoms with Gasteiger partial charge in [0.15, 0.2) is 0 Å². The number of nitrogens with one attached hydrogen (secondary N) is 1. The monoisotopic (exact) mass is 281 g/mol. The van der Waals surface area contributed by atoms with Crippen LogP contribution in [0.25, 0.3) is 0 Å². The zero-order valence-corrected chi connectivity index (χ0v) is 12.8. The van der Waals surface area contributed by atoms with Gasteiger partial charge >= 0.3 is 0 Å². The van der Waals surface area contributed by atoms with E-state index >= 15 is 0 Å². The minimum Gasteiger partial charge on any atom is -0.497 e. The summed E-state index contributed by atoms with van der Waals surface area (Å²) in [7, 11) is 3.41. The lowest BCUT2D eigenvalue weighted by Crippen LogP contribution is -2.35. The summed E-state index contributed by atoms with van der Waals surface area (Å²) < 4.78 is 10.8. The first-order valence-electron chi connectivity index (χ1n) is 6.80. The molecule has 0 saturated carbocycles. The SMILES string of the molecule is COc1ccc(OC)c(C(C)NC2CCCSC2)c1. The third kappa shape index (κ3) is 3.80. The average molecular weight is 281 g/mol. The van der Waals surface area contributed by atoms with Gasteiger partial charge in [0, 0.05) is 23.4 Å². The molecule has 2 atom stereocenters. The van der Waals surface area contributed by atoms with Gasteiger partial charge in [0.1, 0.15) is 11.5 Å². The van der Waals surface area contributed by atoms with E-state index in [1.54, 1.807) is 14.2 Å². The predicted molar refractivity (Wildman–Crippen MR) is 81.4 cm³/mol. The van der Waals surface area contributed by atoms with Gasteiger partial charge in [-0.25, -0.2) is 0 Å².